The molecule has 0 aromatic carbocycles. The molecule has 0 heterocycles. The van der Waals surface area contributed by atoms with Crippen LogP contribution < -0.4 is 0 Å². The Labute approximate surface area is 123 Å². The largest absolute Gasteiger partial charge is 0.298 e. The number of hydrogen-bond donors (Lipinski definition) is 0. The van der Waals surface area contributed by atoms with Gasteiger partial charge >= 0.3 is 0 Å². The van der Waals surface area contributed by atoms with Crippen LogP contribution in [0.2, 0.25) is 0 Å². The minimum Gasteiger partial charge on any atom is -0.298 e. The highest BCUT2D eigenvalue weighted by Crippen LogP contribution is 2.61. The van der Waals surface area contributed by atoms with Crippen molar-refractivity contribution in [3.05, 3.63) is 22.8 Å². The maximum absolute atomic E-state index is 12.0. The van der Waals surface area contributed by atoms with Gasteiger partial charge in [-0.25, -0.2) is 0 Å². The summed E-state index contributed by atoms with van der Waals surface area (Å²) in [6.45, 7) is 10.6. The lowest BCUT2D eigenvalue weighted by molar-refractivity contribution is -0.124. The number of Topliss-reactive ketones (excluding diaryl/α,β-unsaturated/α-hetero) is 1. The number of alkyl halides is 1. The van der Waals surface area contributed by atoms with E-state index in [1.54, 1.807) is 0 Å². The summed E-state index contributed by atoms with van der Waals surface area (Å²) in [7, 11) is 0. The lowest BCUT2D eigenvalue weighted by atomic mass is 9.51. The second-order valence-electron chi connectivity index (χ2n) is 6.27. The third-order valence-corrected chi connectivity index (χ3v) is 7.17. The molecule has 0 aliphatic heterocycles. The fraction of sp³-hybridized carbons (Fsp3) is 0.667. The van der Waals surface area contributed by atoms with E-state index in [0.717, 1.165) is 29.9 Å². The van der Waals surface area contributed by atoms with Crippen molar-refractivity contribution in [1.82, 2.24) is 0 Å². The molecular formula is C15H20BrClO. The number of halogens is 2. The van der Waals surface area contributed by atoms with Gasteiger partial charge in [-0.3, -0.25) is 4.79 Å². The first-order valence-corrected chi connectivity index (χ1v) is 7.71. The van der Waals surface area contributed by atoms with Crippen molar-refractivity contribution in [2.45, 2.75) is 51.3 Å². The molecule has 2 atom stereocenters. The quantitative estimate of drug-likeness (QED) is 0.451. The molecule has 1 spiro atoms. The average Bonchev–Trinajstić information content (AvgIpc) is 2.29. The normalized spacial score (nSPS) is 36.4. The molecule has 0 aromatic rings. The van der Waals surface area contributed by atoms with E-state index in [-0.39, 0.29) is 21.4 Å². The summed E-state index contributed by atoms with van der Waals surface area (Å²) in [5.41, 5.74) is 2.18. The van der Waals surface area contributed by atoms with E-state index >= 15 is 0 Å². The lowest BCUT2D eigenvalue weighted by Crippen LogP contribution is -2.53. The van der Waals surface area contributed by atoms with Gasteiger partial charge in [0.05, 0.1) is 4.83 Å². The Morgan fingerprint density at radius 2 is 2.06 bits per heavy atom. The maximum atomic E-state index is 12.0. The Bertz CT molecular complexity index is 449. The molecule has 0 saturated heterocycles. The smallest absolute Gasteiger partial charge is 0.151 e. The Hall–Kier alpha value is -0.0800. The van der Waals surface area contributed by atoms with E-state index in [1.807, 2.05) is 0 Å². The molecule has 2 aliphatic carbocycles. The molecule has 100 valence electrons. The number of rotatable bonds is 0. The molecule has 2 aliphatic rings. The minimum absolute atomic E-state index is 0.0360. The Kier molecular flexibility index (Phi) is 3.57. The minimum atomic E-state index is -0.139. The molecule has 0 radical (unpaired) electrons. The summed E-state index contributed by atoms with van der Waals surface area (Å²) in [6, 6.07) is 0. The second kappa shape index (κ2) is 4.49. The van der Waals surface area contributed by atoms with Crippen LogP contribution in [-0.4, -0.2) is 10.6 Å². The van der Waals surface area contributed by atoms with E-state index in [2.05, 4.69) is 43.3 Å². The molecule has 3 heteroatoms. The third kappa shape index (κ3) is 1.84. The number of hydrogen-bond acceptors (Lipinski definition) is 1. The van der Waals surface area contributed by atoms with Crippen molar-refractivity contribution in [2.24, 2.45) is 10.8 Å². The van der Waals surface area contributed by atoms with Crippen LogP contribution in [-0.2, 0) is 4.79 Å². The molecule has 0 N–H and O–H groups in total. The zero-order valence-electron chi connectivity index (χ0n) is 11.3. The number of ketones is 1. The predicted molar refractivity (Wildman–Crippen MR) is 80.1 cm³/mol. The summed E-state index contributed by atoms with van der Waals surface area (Å²) >= 11 is 10.0. The van der Waals surface area contributed by atoms with Crippen molar-refractivity contribution in [3.63, 3.8) is 0 Å². The summed E-state index contributed by atoms with van der Waals surface area (Å²) < 4.78 is 0. The van der Waals surface area contributed by atoms with Crippen molar-refractivity contribution in [3.8, 4) is 0 Å². The van der Waals surface area contributed by atoms with Gasteiger partial charge in [0.25, 0.3) is 0 Å². The molecule has 0 bridgehead atoms. The van der Waals surface area contributed by atoms with Crippen LogP contribution in [0.1, 0.15) is 46.5 Å². The van der Waals surface area contributed by atoms with Gasteiger partial charge in [-0.05, 0) is 31.6 Å². The molecule has 2 rings (SSSR count). The highest BCUT2D eigenvalue weighted by atomic mass is 79.9. The number of allylic oxidation sites excluding steroid dienone is 3. The summed E-state index contributed by atoms with van der Waals surface area (Å²) in [4.78, 5) is 11.9. The average molecular weight is 332 g/mol. The Morgan fingerprint density at radius 3 is 2.61 bits per heavy atom. The Balaban J connectivity index is 2.48. The molecule has 1 fully saturated rings. The molecular weight excluding hydrogens is 312 g/mol. The highest BCUT2D eigenvalue weighted by molar-refractivity contribution is 9.10. The van der Waals surface area contributed by atoms with Crippen LogP contribution in [0.5, 0.6) is 0 Å². The first kappa shape index (κ1) is 14.3. The topological polar surface area (TPSA) is 17.1 Å². The van der Waals surface area contributed by atoms with Crippen molar-refractivity contribution in [1.29, 1.82) is 0 Å². The van der Waals surface area contributed by atoms with Crippen LogP contribution in [0.15, 0.2) is 22.8 Å². The van der Waals surface area contributed by atoms with Gasteiger partial charge in [-0.1, -0.05) is 59.1 Å². The predicted octanol–water partition coefficient (Wildman–Crippen LogP) is 4.99. The Morgan fingerprint density at radius 1 is 1.44 bits per heavy atom. The van der Waals surface area contributed by atoms with Crippen LogP contribution in [0.3, 0.4) is 0 Å². The molecule has 2 unspecified atom stereocenters. The third-order valence-electron chi connectivity index (χ3n) is 5.06. The molecule has 18 heavy (non-hydrogen) atoms. The van der Waals surface area contributed by atoms with Gasteiger partial charge in [-0.2, -0.15) is 0 Å². The number of carbonyl (C=O) groups excluding carboxylic acids is 1. The van der Waals surface area contributed by atoms with E-state index < -0.39 is 0 Å². The van der Waals surface area contributed by atoms with Crippen LogP contribution >= 0.6 is 27.5 Å². The van der Waals surface area contributed by atoms with Gasteiger partial charge in [0.1, 0.15) is 0 Å². The van der Waals surface area contributed by atoms with Crippen LogP contribution in [0.25, 0.3) is 0 Å². The summed E-state index contributed by atoms with van der Waals surface area (Å²) in [6.07, 6.45) is 3.38. The fourth-order valence-electron chi connectivity index (χ4n) is 3.46. The number of carbonyl (C=O) groups is 1. The standard InChI is InChI=1S/C15H20BrClO/c1-9-5-6-15(8-11(9)17)10(2)7-12(18)13(16)14(15,3)4/h13H,2,5-8H2,1,3-4H3. The maximum Gasteiger partial charge on any atom is 0.151 e. The van der Waals surface area contributed by atoms with Gasteiger partial charge in [0.2, 0.25) is 0 Å². The van der Waals surface area contributed by atoms with E-state index in [4.69, 9.17) is 11.6 Å². The van der Waals surface area contributed by atoms with E-state index in [0.29, 0.717) is 6.42 Å². The lowest BCUT2D eigenvalue weighted by Gasteiger charge is -2.55. The van der Waals surface area contributed by atoms with Gasteiger partial charge in [0, 0.05) is 16.9 Å². The van der Waals surface area contributed by atoms with Crippen LogP contribution in [0, 0.1) is 10.8 Å². The van der Waals surface area contributed by atoms with Crippen LogP contribution in [0.4, 0.5) is 0 Å². The molecule has 0 aromatic heterocycles. The zero-order valence-corrected chi connectivity index (χ0v) is 13.6. The zero-order chi connectivity index (χ0) is 13.7. The SMILES string of the molecule is C=C1CC(=O)C(Br)C(C)(C)C12CCC(C)=C(Cl)C2. The van der Waals surface area contributed by atoms with Gasteiger partial charge in [0.15, 0.2) is 5.78 Å². The van der Waals surface area contributed by atoms with Crippen molar-refractivity contribution in [2.75, 3.05) is 0 Å². The monoisotopic (exact) mass is 330 g/mol. The molecule has 0 amide bonds. The first-order chi connectivity index (χ1) is 8.22. The second-order valence-corrected chi connectivity index (χ2v) is 7.65. The van der Waals surface area contributed by atoms with E-state index in [1.165, 1.54) is 5.57 Å². The molecule has 1 nitrogen and oxygen atoms in total. The fourth-order valence-corrected chi connectivity index (χ4v) is 4.38. The summed E-state index contributed by atoms with van der Waals surface area (Å²) in [5, 5.41) is 0.963. The van der Waals surface area contributed by atoms with Gasteiger partial charge in [-0.15, -0.1) is 0 Å². The van der Waals surface area contributed by atoms with Crippen molar-refractivity contribution >= 4 is 33.3 Å². The van der Waals surface area contributed by atoms with E-state index in [9.17, 15) is 4.79 Å². The first-order valence-electron chi connectivity index (χ1n) is 6.41. The molecule has 1 saturated carbocycles. The van der Waals surface area contributed by atoms with Gasteiger partial charge < -0.3 is 0 Å². The summed E-state index contributed by atoms with van der Waals surface area (Å²) in [5.74, 6) is 0.248. The van der Waals surface area contributed by atoms with Crippen molar-refractivity contribution < 1.29 is 4.79 Å². The highest BCUT2D eigenvalue weighted by Gasteiger charge is 2.56.